The third-order valence-corrected chi connectivity index (χ3v) is 5.05. The summed E-state index contributed by atoms with van der Waals surface area (Å²) in [6.45, 7) is 2.32. The molecule has 2 aromatic rings. The third-order valence-electron chi connectivity index (χ3n) is 3.78. The van der Waals surface area contributed by atoms with Crippen LogP contribution in [0.1, 0.15) is 18.1 Å². The number of amides is 2. The molecule has 1 N–H and O–H groups in total. The van der Waals surface area contributed by atoms with Crippen LogP contribution in [0.15, 0.2) is 47.4 Å². The highest BCUT2D eigenvalue weighted by Crippen LogP contribution is 2.37. The van der Waals surface area contributed by atoms with Crippen molar-refractivity contribution in [3.8, 4) is 11.5 Å². The standard InChI is InChI=1S/C19H16ClNO4S/c1-2-25-15-9-5-7-12(17(15)22)10-16-18(23)21(19(24)26-16)11-13-6-3-4-8-14(13)20/h3-10,22H,2,11H2,1H3/b16-10+. The number of thioether (sulfide) groups is 1. The number of nitrogens with zero attached hydrogens (tertiary/aromatic N) is 1. The second-order valence-electron chi connectivity index (χ2n) is 5.49. The molecule has 0 bridgehead atoms. The number of hydrogen-bond donors (Lipinski definition) is 1. The number of carbonyl (C=O) groups is 2. The van der Waals surface area contributed by atoms with E-state index in [0.29, 0.717) is 28.5 Å². The van der Waals surface area contributed by atoms with Gasteiger partial charge in [-0.15, -0.1) is 0 Å². The van der Waals surface area contributed by atoms with Crippen LogP contribution >= 0.6 is 23.4 Å². The van der Waals surface area contributed by atoms with Crippen LogP contribution in [-0.4, -0.2) is 27.8 Å². The van der Waals surface area contributed by atoms with Gasteiger partial charge < -0.3 is 9.84 Å². The Balaban J connectivity index is 1.86. The molecule has 1 fully saturated rings. The largest absolute Gasteiger partial charge is 0.504 e. The minimum Gasteiger partial charge on any atom is -0.504 e. The van der Waals surface area contributed by atoms with Gasteiger partial charge in [-0.25, -0.2) is 0 Å². The van der Waals surface area contributed by atoms with Gasteiger partial charge in [0.15, 0.2) is 11.5 Å². The third kappa shape index (κ3) is 3.71. The molecule has 26 heavy (non-hydrogen) atoms. The van der Waals surface area contributed by atoms with Crippen LogP contribution in [0.5, 0.6) is 11.5 Å². The Morgan fingerprint density at radius 3 is 2.69 bits per heavy atom. The number of phenols is 1. The first kappa shape index (κ1) is 18.4. The highest BCUT2D eigenvalue weighted by molar-refractivity contribution is 8.18. The summed E-state index contributed by atoms with van der Waals surface area (Å²) in [5.74, 6) is -0.148. The number of benzene rings is 2. The van der Waals surface area contributed by atoms with Crippen LogP contribution in [0.25, 0.3) is 6.08 Å². The summed E-state index contributed by atoms with van der Waals surface area (Å²) in [5, 5.41) is 10.4. The van der Waals surface area contributed by atoms with E-state index >= 15 is 0 Å². The van der Waals surface area contributed by atoms with Crippen LogP contribution in [0.3, 0.4) is 0 Å². The molecule has 1 heterocycles. The Kier molecular flexibility index (Phi) is 5.54. The first-order chi connectivity index (χ1) is 12.5. The van der Waals surface area contributed by atoms with E-state index in [0.717, 1.165) is 16.7 Å². The number of rotatable bonds is 5. The van der Waals surface area contributed by atoms with Crippen molar-refractivity contribution < 1.29 is 19.4 Å². The Bertz CT molecular complexity index is 897. The van der Waals surface area contributed by atoms with E-state index in [4.69, 9.17) is 16.3 Å². The van der Waals surface area contributed by atoms with E-state index in [1.54, 1.807) is 42.5 Å². The molecule has 2 amide bonds. The normalized spacial score (nSPS) is 15.8. The number of carbonyl (C=O) groups excluding carboxylic acids is 2. The predicted molar refractivity (Wildman–Crippen MR) is 102 cm³/mol. The maximum atomic E-state index is 12.6. The molecule has 0 atom stereocenters. The quantitative estimate of drug-likeness (QED) is 0.752. The van der Waals surface area contributed by atoms with E-state index in [-0.39, 0.29) is 22.4 Å². The average Bonchev–Trinajstić information content (AvgIpc) is 2.88. The van der Waals surface area contributed by atoms with Crippen LogP contribution in [0.4, 0.5) is 4.79 Å². The topological polar surface area (TPSA) is 66.8 Å². The Morgan fingerprint density at radius 1 is 1.19 bits per heavy atom. The Labute approximate surface area is 160 Å². The summed E-state index contributed by atoms with van der Waals surface area (Å²) in [6.07, 6.45) is 1.50. The van der Waals surface area contributed by atoms with Crippen molar-refractivity contribution in [3.05, 3.63) is 63.5 Å². The van der Waals surface area contributed by atoms with E-state index in [1.165, 1.54) is 6.08 Å². The van der Waals surface area contributed by atoms with Crippen molar-refractivity contribution in [2.24, 2.45) is 0 Å². The summed E-state index contributed by atoms with van der Waals surface area (Å²) < 4.78 is 5.34. The smallest absolute Gasteiger partial charge is 0.293 e. The lowest BCUT2D eigenvalue weighted by molar-refractivity contribution is -0.123. The number of aromatic hydroxyl groups is 1. The first-order valence-electron chi connectivity index (χ1n) is 7.94. The molecule has 0 radical (unpaired) electrons. The number of hydrogen-bond acceptors (Lipinski definition) is 5. The number of imide groups is 1. The van der Waals surface area contributed by atoms with Crippen LogP contribution < -0.4 is 4.74 Å². The first-order valence-corrected chi connectivity index (χ1v) is 9.14. The fourth-order valence-electron chi connectivity index (χ4n) is 2.50. The molecule has 5 nitrogen and oxygen atoms in total. The molecule has 0 spiro atoms. The number of ether oxygens (including phenoxy) is 1. The Morgan fingerprint density at radius 2 is 1.96 bits per heavy atom. The molecule has 1 aliphatic heterocycles. The van der Waals surface area contributed by atoms with Gasteiger partial charge in [0.05, 0.1) is 18.1 Å². The average molecular weight is 390 g/mol. The van der Waals surface area contributed by atoms with Crippen LogP contribution in [-0.2, 0) is 11.3 Å². The molecule has 3 rings (SSSR count). The van der Waals surface area contributed by atoms with E-state index in [1.807, 2.05) is 6.92 Å². The zero-order valence-corrected chi connectivity index (χ0v) is 15.5. The lowest BCUT2D eigenvalue weighted by Gasteiger charge is -2.13. The second-order valence-corrected chi connectivity index (χ2v) is 6.89. The second kappa shape index (κ2) is 7.85. The minimum atomic E-state index is -0.416. The van der Waals surface area contributed by atoms with Crippen molar-refractivity contribution >= 4 is 40.6 Å². The van der Waals surface area contributed by atoms with Crippen LogP contribution in [0.2, 0.25) is 5.02 Å². The molecule has 1 saturated heterocycles. The van der Waals surface area contributed by atoms with E-state index in [2.05, 4.69) is 0 Å². The Hall–Kier alpha value is -2.44. The van der Waals surface area contributed by atoms with E-state index < -0.39 is 5.91 Å². The molecule has 7 heteroatoms. The number of halogens is 1. The van der Waals surface area contributed by atoms with Crippen LogP contribution in [0, 0.1) is 0 Å². The summed E-state index contributed by atoms with van der Waals surface area (Å²) in [4.78, 5) is 26.3. The summed E-state index contributed by atoms with van der Waals surface area (Å²) >= 11 is 6.95. The highest BCUT2D eigenvalue weighted by atomic mass is 35.5. The molecule has 134 valence electrons. The number of phenolic OH excluding ortho intramolecular Hbond substituents is 1. The van der Waals surface area contributed by atoms with Crippen molar-refractivity contribution in [3.63, 3.8) is 0 Å². The lowest BCUT2D eigenvalue weighted by Crippen LogP contribution is -2.27. The fourth-order valence-corrected chi connectivity index (χ4v) is 3.53. The lowest BCUT2D eigenvalue weighted by atomic mass is 10.1. The van der Waals surface area contributed by atoms with Gasteiger partial charge in [-0.05, 0) is 42.5 Å². The van der Waals surface area contributed by atoms with Gasteiger partial charge in [-0.1, -0.05) is 41.9 Å². The SMILES string of the molecule is CCOc1cccc(/C=C2/SC(=O)N(Cc3ccccc3Cl)C2=O)c1O. The number of para-hydroxylation sites is 1. The van der Waals surface area contributed by atoms with Crippen molar-refractivity contribution in [2.45, 2.75) is 13.5 Å². The summed E-state index contributed by atoms with van der Waals surface area (Å²) in [7, 11) is 0. The monoisotopic (exact) mass is 389 g/mol. The van der Waals surface area contributed by atoms with Crippen molar-refractivity contribution in [2.75, 3.05) is 6.61 Å². The van der Waals surface area contributed by atoms with Gasteiger partial charge in [-0.2, -0.15) is 0 Å². The predicted octanol–water partition coefficient (Wildman–Crippen LogP) is 4.68. The van der Waals surface area contributed by atoms with Gasteiger partial charge in [0, 0.05) is 10.6 Å². The van der Waals surface area contributed by atoms with Crippen molar-refractivity contribution in [1.29, 1.82) is 0 Å². The molecular formula is C19H16ClNO4S. The van der Waals surface area contributed by atoms with Crippen molar-refractivity contribution in [1.82, 2.24) is 4.90 Å². The molecule has 0 saturated carbocycles. The highest BCUT2D eigenvalue weighted by Gasteiger charge is 2.35. The molecule has 0 aliphatic carbocycles. The molecule has 1 aliphatic rings. The molecule has 2 aromatic carbocycles. The minimum absolute atomic E-state index is 0.0627. The summed E-state index contributed by atoms with van der Waals surface area (Å²) in [6, 6.07) is 12.1. The maximum Gasteiger partial charge on any atom is 0.293 e. The zero-order chi connectivity index (χ0) is 18.7. The van der Waals surface area contributed by atoms with Gasteiger partial charge in [-0.3, -0.25) is 14.5 Å². The van der Waals surface area contributed by atoms with Gasteiger partial charge in [0.1, 0.15) is 0 Å². The van der Waals surface area contributed by atoms with Gasteiger partial charge in [0.25, 0.3) is 11.1 Å². The zero-order valence-electron chi connectivity index (χ0n) is 13.9. The molecule has 0 aromatic heterocycles. The molecule has 0 unspecified atom stereocenters. The molecular weight excluding hydrogens is 374 g/mol. The summed E-state index contributed by atoms with van der Waals surface area (Å²) in [5.41, 5.74) is 1.11. The van der Waals surface area contributed by atoms with Gasteiger partial charge >= 0.3 is 0 Å². The fraction of sp³-hybridized carbons (Fsp3) is 0.158. The van der Waals surface area contributed by atoms with Gasteiger partial charge in [0.2, 0.25) is 0 Å². The van der Waals surface area contributed by atoms with E-state index in [9.17, 15) is 14.7 Å². The maximum absolute atomic E-state index is 12.6.